The third kappa shape index (κ3) is 6.03. The molecule has 0 aliphatic heterocycles. The SMILES string of the molecule is CC(NC(=O)C(N)Cc1c[nH]c2ccccc12)C(=O)NCC(=O)NC(CO)C(=O)O. The molecule has 1 aromatic heterocycles. The van der Waals surface area contributed by atoms with E-state index >= 15 is 0 Å². The number of carboxylic acids is 1. The van der Waals surface area contributed by atoms with Gasteiger partial charge in [0.2, 0.25) is 17.7 Å². The minimum Gasteiger partial charge on any atom is -0.480 e. The lowest BCUT2D eigenvalue weighted by Crippen LogP contribution is -2.53. The first-order valence-corrected chi connectivity index (χ1v) is 9.24. The van der Waals surface area contributed by atoms with E-state index in [2.05, 4.69) is 15.6 Å². The molecule has 0 fully saturated rings. The molecule has 0 aliphatic carbocycles. The van der Waals surface area contributed by atoms with E-state index in [0.717, 1.165) is 16.5 Å². The van der Waals surface area contributed by atoms with Crippen LogP contribution in [0.15, 0.2) is 30.5 Å². The van der Waals surface area contributed by atoms with E-state index < -0.39 is 55.0 Å². The van der Waals surface area contributed by atoms with E-state index in [1.165, 1.54) is 6.92 Å². The van der Waals surface area contributed by atoms with E-state index in [-0.39, 0.29) is 6.42 Å². The predicted molar refractivity (Wildman–Crippen MR) is 107 cm³/mol. The van der Waals surface area contributed by atoms with Crippen molar-refractivity contribution in [2.75, 3.05) is 13.2 Å². The quantitative estimate of drug-likeness (QED) is 0.237. The second-order valence-electron chi connectivity index (χ2n) is 6.76. The molecule has 0 radical (unpaired) electrons. The average molecular weight is 419 g/mol. The molecule has 11 heteroatoms. The molecule has 2 aromatic rings. The summed E-state index contributed by atoms with van der Waals surface area (Å²) in [5.74, 6) is -3.37. The normalized spacial score (nSPS) is 13.8. The van der Waals surface area contributed by atoms with Gasteiger partial charge in [-0.3, -0.25) is 14.4 Å². The number of fused-ring (bicyclic) bond motifs is 1. The standard InChI is InChI=1S/C19H25N5O6/c1-10(17(27)22-8-16(26)24-15(9-25)19(29)30)23-18(28)13(20)6-11-7-21-14-5-3-2-4-12(11)14/h2-5,7,10,13,15,21,25H,6,8-9,20H2,1H3,(H,22,27)(H,23,28)(H,24,26)(H,29,30). The molecule has 0 saturated carbocycles. The Morgan fingerprint density at radius 3 is 2.50 bits per heavy atom. The van der Waals surface area contributed by atoms with Crippen molar-refractivity contribution in [1.29, 1.82) is 0 Å². The van der Waals surface area contributed by atoms with Crippen LogP contribution in [0, 0.1) is 0 Å². The van der Waals surface area contributed by atoms with Gasteiger partial charge in [0.1, 0.15) is 12.1 Å². The van der Waals surface area contributed by atoms with Gasteiger partial charge in [-0.15, -0.1) is 0 Å². The number of para-hydroxylation sites is 1. The number of carbonyl (C=O) groups excluding carboxylic acids is 3. The zero-order valence-corrected chi connectivity index (χ0v) is 16.3. The summed E-state index contributed by atoms with van der Waals surface area (Å²) >= 11 is 0. The highest BCUT2D eigenvalue weighted by atomic mass is 16.4. The van der Waals surface area contributed by atoms with Gasteiger partial charge >= 0.3 is 5.97 Å². The summed E-state index contributed by atoms with van der Waals surface area (Å²) in [4.78, 5) is 49.9. The highest BCUT2D eigenvalue weighted by Gasteiger charge is 2.23. The van der Waals surface area contributed by atoms with Crippen LogP contribution in [-0.4, -0.2) is 70.2 Å². The summed E-state index contributed by atoms with van der Waals surface area (Å²) in [6.45, 7) is 0.136. The topological polar surface area (TPSA) is 187 Å². The predicted octanol–water partition coefficient (Wildman–Crippen LogP) is -1.78. The molecular weight excluding hydrogens is 394 g/mol. The number of nitrogens with two attached hydrogens (primary N) is 1. The van der Waals surface area contributed by atoms with E-state index in [1.807, 2.05) is 29.6 Å². The Hall–Kier alpha value is -3.44. The number of aliphatic hydroxyl groups is 1. The Kier molecular flexibility index (Phi) is 7.90. The largest absolute Gasteiger partial charge is 0.480 e. The van der Waals surface area contributed by atoms with E-state index in [1.54, 1.807) is 6.20 Å². The Bertz CT molecular complexity index is 927. The number of aromatic amines is 1. The number of nitrogens with one attached hydrogen (secondary N) is 4. The van der Waals surface area contributed by atoms with Gasteiger partial charge in [0, 0.05) is 17.1 Å². The van der Waals surface area contributed by atoms with Crippen molar-refractivity contribution < 1.29 is 29.4 Å². The number of carbonyl (C=O) groups is 4. The number of benzene rings is 1. The molecule has 0 spiro atoms. The van der Waals surface area contributed by atoms with Crippen LogP contribution in [0.3, 0.4) is 0 Å². The van der Waals surface area contributed by atoms with Crippen molar-refractivity contribution in [3.8, 4) is 0 Å². The van der Waals surface area contributed by atoms with E-state index in [4.69, 9.17) is 15.9 Å². The molecule has 8 N–H and O–H groups in total. The van der Waals surface area contributed by atoms with Crippen LogP contribution in [-0.2, 0) is 25.6 Å². The van der Waals surface area contributed by atoms with Crippen molar-refractivity contribution in [2.45, 2.75) is 31.5 Å². The summed E-state index contributed by atoms with van der Waals surface area (Å²) in [7, 11) is 0. The molecule has 0 aliphatic rings. The third-order valence-corrected chi connectivity index (χ3v) is 4.44. The van der Waals surface area contributed by atoms with Gasteiger partial charge < -0.3 is 36.9 Å². The fraction of sp³-hybridized carbons (Fsp3) is 0.368. The van der Waals surface area contributed by atoms with Gasteiger partial charge in [-0.2, -0.15) is 0 Å². The summed E-state index contributed by atoms with van der Waals surface area (Å²) in [6, 6.07) is 4.28. The number of amides is 3. The maximum Gasteiger partial charge on any atom is 0.328 e. The van der Waals surface area contributed by atoms with E-state index in [9.17, 15) is 19.2 Å². The highest BCUT2D eigenvalue weighted by molar-refractivity contribution is 5.92. The first kappa shape index (κ1) is 22.8. The number of aliphatic carboxylic acids is 1. The first-order chi connectivity index (χ1) is 14.2. The molecule has 1 aromatic carbocycles. The lowest BCUT2D eigenvalue weighted by atomic mass is 10.0. The Labute approximate surface area is 172 Å². The van der Waals surface area contributed by atoms with Crippen LogP contribution in [0.25, 0.3) is 10.9 Å². The Morgan fingerprint density at radius 1 is 1.13 bits per heavy atom. The minimum absolute atomic E-state index is 0.268. The molecule has 0 saturated heterocycles. The Balaban J connectivity index is 1.81. The first-order valence-electron chi connectivity index (χ1n) is 9.24. The summed E-state index contributed by atoms with van der Waals surface area (Å²) in [5.41, 5.74) is 7.77. The second kappa shape index (κ2) is 10.4. The van der Waals surface area contributed by atoms with Crippen molar-refractivity contribution in [3.63, 3.8) is 0 Å². The number of hydrogen-bond acceptors (Lipinski definition) is 6. The lowest BCUT2D eigenvalue weighted by Gasteiger charge is -2.18. The van der Waals surface area contributed by atoms with Gasteiger partial charge in [0.05, 0.1) is 19.2 Å². The van der Waals surface area contributed by atoms with Gasteiger partial charge in [-0.1, -0.05) is 18.2 Å². The molecular formula is C19H25N5O6. The summed E-state index contributed by atoms with van der Waals surface area (Å²) in [6.07, 6.45) is 2.05. The number of hydrogen-bond donors (Lipinski definition) is 7. The fourth-order valence-electron chi connectivity index (χ4n) is 2.77. The minimum atomic E-state index is -1.46. The molecule has 3 atom stereocenters. The zero-order valence-electron chi connectivity index (χ0n) is 16.3. The number of H-pyrrole nitrogens is 1. The molecule has 3 unspecified atom stereocenters. The lowest BCUT2D eigenvalue weighted by molar-refractivity contribution is -0.142. The monoisotopic (exact) mass is 419 g/mol. The van der Waals surface area contributed by atoms with Crippen LogP contribution < -0.4 is 21.7 Å². The molecule has 1 heterocycles. The number of aromatic nitrogens is 1. The molecule has 0 bridgehead atoms. The van der Waals surface area contributed by atoms with Crippen LogP contribution in [0.1, 0.15) is 12.5 Å². The maximum atomic E-state index is 12.3. The van der Waals surface area contributed by atoms with Crippen molar-refractivity contribution in [2.24, 2.45) is 5.73 Å². The molecule has 3 amide bonds. The Morgan fingerprint density at radius 2 is 1.83 bits per heavy atom. The molecule has 162 valence electrons. The van der Waals surface area contributed by atoms with Gasteiger partial charge in [0.15, 0.2) is 0 Å². The maximum absolute atomic E-state index is 12.3. The zero-order chi connectivity index (χ0) is 22.3. The molecule has 30 heavy (non-hydrogen) atoms. The van der Waals surface area contributed by atoms with Gasteiger partial charge in [-0.25, -0.2) is 4.79 Å². The summed E-state index contributed by atoms with van der Waals surface area (Å²) < 4.78 is 0. The van der Waals surface area contributed by atoms with Crippen LogP contribution >= 0.6 is 0 Å². The number of rotatable bonds is 10. The van der Waals surface area contributed by atoms with Crippen molar-refractivity contribution in [3.05, 3.63) is 36.0 Å². The number of aliphatic hydroxyl groups excluding tert-OH is 1. The average Bonchev–Trinajstić information content (AvgIpc) is 3.12. The van der Waals surface area contributed by atoms with E-state index in [0.29, 0.717) is 0 Å². The van der Waals surface area contributed by atoms with Crippen LogP contribution in [0.4, 0.5) is 0 Å². The van der Waals surface area contributed by atoms with Gasteiger partial charge in [-0.05, 0) is 25.0 Å². The summed E-state index contributed by atoms with van der Waals surface area (Å²) in [5, 5.41) is 25.4. The van der Waals surface area contributed by atoms with Gasteiger partial charge in [0.25, 0.3) is 0 Å². The number of carboxylic acid groups (broad SMARTS) is 1. The fourth-order valence-corrected chi connectivity index (χ4v) is 2.77. The second-order valence-corrected chi connectivity index (χ2v) is 6.76. The van der Waals surface area contributed by atoms with Crippen LogP contribution in [0.2, 0.25) is 0 Å². The molecule has 2 rings (SSSR count). The smallest absolute Gasteiger partial charge is 0.328 e. The third-order valence-electron chi connectivity index (χ3n) is 4.44. The molecule has 11 nitrogen and oxygen atoms in total. The van der Waals surface area contributed by atoms with Crippen LogP contribution in [0.5, 0.6) is 0 Å². The highest BCUT2D eigenvalue weighted by Crippen LogP contribution is 2.18. The van der Waals surface area contributed by atoms with Crippen molar-refractivity contribution >= 4 is 34.6 Å². The van der Waals surface area contributed by atoms with Crippen molar-refractivity contribution in [1.82, 2.24) is 20.9 Å².